The van der Waals surface area contributed by atoms with Crippen molar-refractivity contribution >= 4 is 23.3 Å². The summed E-state index contributed by atoms with van der Waals surface area (Å²) in [5.41, 5.74) is -0.156. The van der Waals surface area contributed by atoms with Crippen molar-refractivity contribution in [1.82, 2.24) is 15.5 Å². The number of nitrogens with one attached hydrogen (secondary N) is 2. The first kappa shape index (κ1) is 11.4. The molecule has 0 spiro atoms. The van der Waals surface area contributed by atoms with E-state index in [1.807, 2.05) is 6.92 Å². The minimum Gasteiger partial charge on any atom is -0.358 e. The molecule has 0 aliphatic carbocycles. The standard InChI is InChI=1S/C7H9ClN4O3/c1-2-3-9-7(13)5-4(8)6(11-10-5)12(14)15/h2-3H2,1H3,(H,9,13)(H,10,11). The molecule has 1 heterocycles. The van der Waals surface area contributed by atoms with Crippen LogP contribution in [-0.4, -0.2) is 27.6 Å². The molecule has 0 aliphatic rings. The van der Waals surface area contributed by atoms with Crippen LogP contribution in [0.25, 0.3) is 0 Å². The molecule has 82 valence electrons. The average Bonchev–Trinajstić information content (AvgIpc) is 2.56. The van der Waals surface area contributed by atoms with E-state index in [4.69, 9.17) is 11.6 Å². The van der Waals surface area contributed by atoms with E-state index in [1.165, 1.54) is 0 Å². The van der Waals surface area contributed by atoms with Gasteiger partial charge in [0.1, 0.15) is 0 Å². The third kappa shape index (κ3) is 2.44. The van der Waals surface area contributed by atoms with Gasteiger partial charge in [-0.25, -0.2) is 0 Å². The predicted molar refractivity (Wildman–Crippen MR) is 52.9 cm³/mol. The minimum atomic E-state index is -0.730. The third-order valence-corrected chi connectivity index (χ3v) is 1.98. The molecule has 0 unspecified atom stereocenters. The highest BCUT2D eigenvalue weighted by Crippen LogP contribution is 2.24. The Morgan fingerprint density at radius 2 is 2.40 bits per heavy atom. The molecule has 0 aliphatic heterocycles. The number of aromatic amines is 1. The maximum Gasteiger partial charge on any atom is 0.362 e. The van der Waals surface area contributed by atoms with Crippen LogP contribution in [0.1, 0.15) is 23.8 Å². The van der Waals surface area contributed by atoms with Gasteiger partial charge in [-0.05, 0) is 11.3 Å². The maximum atomic E-state index is 11.4. The van der Waals surface area contributed by atoms with Gasteiger partial charge in [-0.1, -0.05) is 23.6 Å². The number of nitrogens with zero attached hydrogens (tertiary/aromatic N) is 2. The van der Waals surface area contributed by atoms with Gasteiger partial charge in [0.05, 0.1) is 0 Å². The number of carbonyl (C=O) groups excluding carboxylic acids is 1. The molecule has 1 rings (SSSR count). The summed E-state index contributed by atoms with van der Waals surface area (Å²) >= 11 is 5.60. The van der Waals surface area contributed by atoms with Gasteiger partial charge in [0, 0.05) is 6.54 Å². The summed E-state index contributed by atoms with van der Waals surface area (Å²) in [6.07, 6.45) is 0.760. The molecule has 0 radical (unpaired) electrons. The molecule has 15 heavy (non-hydrogen) atoms. The van der Waals surface area contributed by atoms with Gasteiger partial charge in [-0.2, -0.15) is 0 Å². The SMILES string of the molecule is CCCNC(=O)c1n[nH]c([N+](=O)[O-])c1Cl. The van der Waals surface area contributed by atoms with Gasteiger partial charge < -0.3 is 15.4 Å². The quantitative estimate of drug-likeness (QED) is 0.600. The first-order valence-electron chi connectivity index (χ1n) is 4.24. The van der Waals surface area contributed by atoms with Gasteiger partial charge in [0.2, 0.25) is 0 Å². The van der Waals surface area contributed by atoms with Crippen molar-refractivity contribution in [3.63, 3.8) is 0 Å². The lowest BCUT2D eigenvalue weighted by molar-refractivity contribution is -0.389. The number of carbonyl (C=O) groups is 1. The fourth-order valence-corrected chi connectivity index (χ4v) is 1.15. The Morgan fingerprint density at radius 1 is 1.73 bits per heavy atom. The van der Waals surface area contributed by atoms with Crippen LogP contribution in [0.3, 0.4) is 0 Å². The maximum absolute atomic E-state index is 11.4. The van der Waals surface area contributed by atoms with E-state index in [0.717, 1.165) is 6.42 Å². The lowest BCUT2D eigenvalue weighted by Crippen LogP contribution is -2.24. The van der Waals surface area contributed by atoms with Crippen LogP contribution >= 0.6 is 11.6 Å². The summed E-state index contributed by atoms with van der Waals surface area (Å²) in [6.45, 7) is 2.35. The summed E-state index contributed by atoms with van der Waals surface area (Å²) < 4.78 is 0. The summed E-state index contributed by atoms with van der Waals surface area (Å²) in [4.78, 5) is 21.0. The Morgan fingerprint density at radius 3 is 2.87 bits per heavy atom. The number of amides is 1. The summed E-state index contributed by atoms with van der Waals surface area (Å²) in [6, 6.07) is 0. The van der Waals surface area contributed by atoms with E-state index in [1.54, 1.807) is 0 Å². The molecule has 2 N–H and O–H groups in total. The first-order valence-corrected chi connectivity index (χ1v) is 4.62. The molecule has 8 heteroatoms. The summed E-state index contributed by atoms with van der Waals surface area (Å²) in [5, 5.41) is 18.2. The van der Waals surface area contributed by atoms with Crippen molar-refractivity contribution < 1.29 is 9.72 Å². The van der Waals surface area contributed by atoms with E-state index >= 15 is 0 Å². The highest BCUT2D eigenvalue weighted by molar-refractivity contribution is 6.35. The second-order valence-electron chi connectivity index (χ2n) is 2.75. The van der Waals surface area contributed by atoms with Crippen molar-refractivity contribution in [2.45, 2.75) is 13.3 Å². The van der Waals surface area contributed by atoms with Crippen molar-refractivity contribution in [3.8, 4) is 0 Å². The number of halogens is 1. The molecule has 0 fully saturated rings. The van der Waals surface area contributed by atoms with Crippen LogP contribution in [0, 0.1) is 10.1 Å². The zero-order chi connectivity index (χ0) is 11.4. The smallest absolute Gasteiger partial charge is 0.358 e. The van der Waals surface area contributed by atoms with Crippen LogP contribution in [0.2, 0.25) is 5.02 Å². The molecule has 0 saturated carbocycles. The summed E-state index contributed by atoms with van der Waals surface area (Å²) in [7, 11) is 0. The third-order valence-electron chi connectivity index (χ3n) is 1.62. The summed E-state index contributed by atoms with van der Waals surface area (Å²) in [5.74, 6) is -0.996. The van der Waals surface area contributed by atoms with Crippen LogP contribution in [0.4, 0.5) is 5.82 Å². The van der Waals surface area contributed by atoms with Crippen LogP contribution in [-0.2, 0) is 0 Å². The Labute approximate surface area is 90.0 Å². The lowest BCUT2D eigenvalue weighted by Gasteiger charge is -1.98. The molecular formula is C7H9ClN4O3. The van der Waals surface area contributed by atoms with E-state index in [9.17, 15) is 14.9 Å². The Balaban J connectivity index is 2.86. The molecule has 0 atom stereocenters. The Hall–Kier alpha value is -1.63. The van der Waals surface area contributed by atoms with E-state index in [0.29, 0.717) is 6.54 Å². The molecule has 0 saturated heterocycles. The van der Waals surface area contributed by atoms with Crippen LogP contribution < -0.4 is 5.32 Å². The van der Waals surface area contributed by atoms with Gasteiger partial charge in [-0.3, -0.25) is 4.79 Å². The first-order chi connectivity index (χ1) is 7.07. The van der Waals surface area contributed by atoms with E-state index in [2.05, 4.69) is 15.5 Å². The van der Waals surface area contributed by atoms with Gasteiger partial charge in [-0.15, -0.1) is 5.10 Å². The van der Waals surface area contributed by atoms with E-state index in [-0.39, 0.29) is 10.7 Å². The number of hydrogen-bond donors (Lipinski definition) is 2. The molecular weight excluding hydrogens is 224 g/mol. The Bertz CT molecular complexity index is 390. The number of aromatic nitrogens is 2. The van der Waals surface area contributed by atoms with E-state index < -0.39 is 16.6 Å². The molecule has 1 aromatic rings. The van der Waals surface area contributed by atoms with Crippen molar-refractivity contribution in [1.29, 1.82) is 0 Å². The monoisotopic (exact) mass is 232 g/mol. The number of rotatable bonds is 4. The normalized spacial score (nSPS) is 10.0. The number of hydrogen-bond acceptors (Lipinski definition) is 4. The average molecular weight is 233 g/mol. The van der Waals surface area contributed by atoms with Crippen molar-refractivity contribution in [3.05, 3.63) is 20.8 Å². The zero-order valence-electron chi connectivity index (χ0n) is 7.91. The lowest BCUT2D eigenvalue weighted by atomic mass is 10.3. The highest BCUT2D eigenvalue weighted by atomic mass is 35.5. The van der Waals surface area contributed by atoms with Gasteiger partial charge >= 0.3 is 5.82 Å². The fraction of sp³-hybridized carbons (Fsp3) is 0.429. The number of H-pyrrole nitrogens is 1. The van der Waals surface area contributed by atoms with Crippen molar-refractivity contribution in [2.24, 2.45) is 0 Å². The van der Waals surface area contributed by atoms with Crippen LogP contribution in [0.5, 0.6) is 0 Å². The van der Waals surface area contributed by atoms with Gasteiger partial charge in [0.15, 0.2) is 10.7 Å². The predicted octanol–water partition coefficient (Wildman–Crippen LogP) is 1.11. The second-order valence-corrected chi connectivity index (χ2v) is 3.13. The molecule has 7 nitrogen and oxygen atoms in total. The minimum absolute atomic E-state index is 0.156. The number of nitro groups is 1. The molecule has 0 bridgehead atoms. The second kappa shape index (κ2) is 4.74. The van der Waals surface area contributed by atoms with Gasteiger partial charge in [0.25, 0.3) is 5.91 Å². The topological polar surface area (TPSA) is 101 Å². The molecule has 1 amide bonds. The molecule has 1 aromatic heterocycles. The highest BCUT2D eigenvalue weighted by Gasteiger charge is 2.24. The Kier molecular flexibility index (Phi) is 3.62. The van der Waals surface area contributed by atoms with Crippen molar-refractivity contribution in [2.75, 3.05) is 6.54 Å². The zero-order valence-corrected chi connectivity index (χ0v) is 8.67. The largest absolute Gasteiger partial charge is 0.362 e. The fourth-order valence-electron chi connectivity index (χ4n) is 0.913. The molecule has 0 aromatic carbocycles. The van der Waals surface area contributed by atoms with Crippen LogP contribution in [0.15, 0.2) is 0 Å².